The average molecular weight is 350 g/mol. The van der Waals surface area contributed by atoms with Gasteiger partial charge in [-0.3, -0.25) is 0 Å². The lowest BCUT2D eigenvalue weighted by atomic mass is 9.76. The molecule has 0 amide bonds. The molecule has 0 N–H and O–H groups in total. The normalized spacial score (nSPS) is 19.6. The van der Waals surface area contributed by atoms with Crippen molar-refractivity contribution in [2.45, 2.75) is 65.1 Å². The Balaban J connectivity index is 1.88. The molecule has 1 aromatic heterocycles. The molecule has 0 radical (unpaired) electrons. The first-order valence-corrected chi connectivity index (χ1v) is 9.30. The van der Waals surface area contributed by atoms with E-state index in [2.05, 4.69) is 72.7 Å². The van der Waals surface area contributed by atoms with E-state index in [9.17, 15) is 0 Å². The van der Waals surface area contributed by atoms with Gasteiger partial charge in [-0.25, -0.2) is 0 Å². The second-order valence-corrected chi connectivity index (χ2v) is 9.41. The Morgan fingerprint density at radius 2 is 1.50 bits per heavy atom. The molecule has 1 saturated heterocycles. The number of benzene rings is 2. The zero-order valence-electron chi connectivity index (χ0n) is 16.8. The van der Waals surface area contributed by atoms with Gasteiger partial charge in [-0.2, -0.15) is 0 Å². The molecule has 0 bridgehead atoms. The van der Waals surface area contributed by atoms with Crippen molar-refractivity contribution >= 4 is 34.3 Å². The number of fused-ring (bicyclic) bond motifs is 2. The van der Waals surface area contributed by atoms with Gasteiger partial charge in [-0.05, 0) is 61.5 Å². The van der Waals surface area contributed by atoms with Gasteiger partial charge < -0.3 is 13.7 Å². The lowest BCUT2D eigenvalue weighted by Crippen LogP contribution is -2.41. The fourth-order valence-electron chi connectivity index (χ4n) is 3.72. The van der Waals surface area contributed by atoms with Crippen LogP contribution in [0.2, 0.25) is 0 Å². The molecule has 0 saturated carbocycles. The Labute approximate surface area is 155 Å². The van der Waals surface area contributed by atoms with E-state index in [1.807, 2.05) is 6.07 Å². The predicted molar refractivity (Wildman–Crippen MR) is 108 cm³/mol. The molecule has 3 nitrogen and oxygen atoms in total. The summed E-state index contributed by atoms with van der Waals surface area (Å²) in [6.45, 7) is 15.0. The molecule has 1 aliphatic heterocycles. The van der Waals surface area contributed by atoms with Crippen LogP contribution in [0.15, 0.2) is 41.0 Å². The molecule has 0 aliphatic carbocycles. The minimum Gasteiger partial charge on any atom is -0.464 e. The van der Waals surface area contributed by atoms with Crippen LogP contribution in [0, 0.1) is 0 Å². The Hall–Kier alpha value is -1.78. The van der Waals surface area contributed by atoms with E-state index < -0.39 is 0 Å². The van der Waals surface area contributed by atoms with Gasteiger partial charge in [0.05, 0.1) is 17.5 Å². The van der Waals surface area contributed by atoms with E-state index in [4.69, 9.17) is 13.7 Å². The van der Waals surface area contributed by atoms with Crippen molar-refractivity contribution in [3.63, 3.8) is 0 Å². The summed E-state index contributed by atoms with van der Waals surface area (Å²) in [6, 6.07) is 10.7. The maximum Gasteiger partial charge on any atom is 0.494 e. The molecule has 0 unspecified atom stereocenters. The van der Waals surface area contributed by atoms with Gasteiger partial charge >= 0.3 is 7.12 Å². The van der Waals surface area contributed by atoms with E-state index in [0.29, 0.717) is 0 Å². The van der Waals surface area contributed by atoms with Crippen LogP contribution in [0.5, 0.6) is 0 Å². The molecule has 1 aliphatic rings. The molecule has 2 aromatic carbocycles. The maximum atomic E-state index is 6.23. The van der Waals surface area contributed by atoms with Crippen molar-refractivity contribution in [1.29, 1.82) is 0 Å². The van der Waals surface area contributed by atoms with Crippen LogP contribution in [0.4, 0.5) is 0 Å². The van der Waals surface area contributed by atoms with Crippen molar-refractivity contribution in [1.82, 2.24) is 0 Å². The molecule has 2 heterocycles. The van der Waals surface area contributed by atoms with Crippen molar-refractivity contribution in [3.8, 4) is 0 Å². The van der Waals surface area contributed by atoms with Gasteiger partial charge in [0.25, 0.3) is 0 Å². The van der Waals surface area contributed by atoms with Crippen molar-refractivity contribution in [3.05, 3.63) is 42.2 Å². The Morgan fingerprint density at radius 3 is 2.12 bits per heavy atom. The zero-order chi connectivity index (χ0) is 18.9. The number of rotatable bonds is 1. The Morgan fingerprint density at radius 1 is 0.846 bits per heavy atom. The highest BCUT2D eigenvalue weighted by atomic mass is 16.7. The van der Waals surface area contributed by atoms with Crippen molar-refractivity contribution < 1.29 is 13.7 Å². The Kier molecular flexibility index (Phi) is 3.64. The van der Waals surface area contributed by atoms with Crippen LogP contribution in [0.3, 0.4) is 0 Å². The van der Waals surface area contributed by atoms with Crippen molar-refractivity contribution in [2.24, 2.45) is 0 Å². The first kappa shape index (κ1) is 17.6. The third-order valence-electron chi connectivity index (χ3n) is 5.85. The van der Waals surface area contributed by atoms with Crippen LogP contribution < -0.4 is 5.46 Å². The van der Waals surface area contributed by atoms with Gasteiger partial charge in [-0.1, -0.05) is 39.0 Å². The molecule has 0 atom stereocenters. The summed E-state index contributed by atoms with van der Waals surface area (Å²) in [4.78, 5) is 0. The summed E-state index contributed by atoms with van der Waals surface area (Å²) in [5.74, 6) is 0. The van der Waals surface area contributed by atoms with Crippen LogP contribution in [-0.4, -0.2) is 18.3 Å². The smallest absolute Gasteiger partial charge is 0.464 e. The molecule has 1 fully saturated rings. The standard InChI is InChI=1S/C22H27BO3/c1-20(2,3)18-17-9-8-16(23-25-21(4,5)22(6,7)26-23)13-15(17)12-14-10-11-24-19(14)18/h8-13H,1-7H3. The first-order chi connectivity index (χ1) is 12.0. The third kappa shape index (κ3) is 2.59. The fraction of sp³-hybridized carbons (Fsp3) is 0.455. The second-order valence-electron chi connectivity index (χ2n) is 9.41. The summed E-state index contributed by atoms with van der Waals surface area (Å²) in [5.41, 5.74) is 2.60. The maximum absolute atomic E-state index is 6.23. The largest absolute Gasteiger partial charge is 0.494 e. The molecule has 4 heteroatoms. The summed E-state index contributed by atoms with van der Waals surface area (Å²) >= 11 is 0. The van der Waals surface area contributed by atoms with Crippen molar-refractivity contribution in [2.75, 3.05) is 0 Å². The highest BCUT2D eigenvalue weighted by molar-refractivity contribution is 6.62. The van der Waals surface area contributed by atoms with Crippen LogP contribution in [0.1, 0.15) is 54.0 Å². The summed E-state index contributed by atoms with van der Waals surface area (Å²) in [6.07, 6.45) is 1.77. The molecule has 136 valence electrons. The highest BCUT2D eigenvalue weighted by Crippen LogP contribution is 2.39. The van der Waals surface area contributed by atoms with Gasteiger partial charge in [0, 0.05) is 10.9 Å². The number of furan rings is 1. The molecule has 4 rings (SSSR count). The number of hydrogen-bond acceptors (Lipinski definition) is 3. The summed E-state index contributed by atoms with van der Waals surface area (Å²) in [7, 11) is -0.345. The number of hydrogen-bond donors (Lipinski definition) is 0. The van der Waals surface area contributed by atoms with E-state index in [1.54, 1.807) is 6.26 Å². The lowest BCUT2D eigenvalue weighted by molar-refractivity contribution is 0.00578. The predicted octanol–water partition coefficient (Wildman–Crippen LogP) is 5.18. The molecule has 3 aromatic rings. The van der Waals surface area contributed by atoms with Gasteiger partial charge in [0.1, 0.15) is 5.58 Å². The zero-order valence-corrected chi connectivity index (χ0v) is 16.8. The Bertz CT molecular complexity index is 976. The topological polar surface area (TPSA) is 31.6 Å². The lowest BCUT2D eigenvalue weighted by Gasteiger charge is -2.32. The van der Waals surface area contributed by atoms with Gasteiger partial charge in [-0.15, -0.1) is 0 Å². The first-order valence-electron chi connectivity index (χ1n) is 9.30. The van der Waals surface area contributed by atoms with Gasteiger partial charge in [0.15, 0.2) is 0 Å². The van der Waals surface area contributed by atoms with Crippen LogP contribution >= 0.6 is 0 Å². The van der Waals surface area contributed by atoms with E-state index in [1.165, 1.54) is 16.3 Å². The van der Waals surface area contributed by atoms with Crippen LogP contribution in [0.25, 0.3) is 21.7 Å². The van der Waals surface area contributed by atoms with E-state index in [-0.39, 0.29) is 23.7 Å². The minimum atomic E-state index is -0.345. The van der Waals surface area contributed by atoms with E-state index >= 15 is 0 Å². The third-order valence-corrected chi connectivity index (χ3v) is 5.85. The minimum absolute atomic E-state index is 0.0124. The highest BCUT2D eigenvalue weighted by Gasteiger charge is 2.51. The molecule has 26 heavy (non-hydrogen) atoms. The summed E-state index contributed by atoms with van der Waals surface area (Å²) < 4.78 is 18.3. The van der Waals surface area contributed by atoms with E-state index in [0.717, 1.165) is 16.4 Å². The van der Waals surface area contributed by atoms with Gasteiger partial charge in [0.2, 0.25) is 0 Å². The summed E-state index contributed by atoms with van der Waals surface area (Å²) in [5, 5.41) is 3.55. The van der Waals surface area contributed by atoms with Crippen LogP contribution in [-0.2, 0) is 14.7 Å². The monoisotopic (exact) mass is 350 g/mol. The average Bonchev–Trinajstić information content (AvgIpc) is 3.04. The molecular formula is C22H27BO3. The second kappa shape index (κ2) is 5.37. The molecule has 0 spiro atoms. The quantitative estimate of drug-likeness (QED) is 0.567. The molecular weight excluding hydrogens is 323 g/mol. The SMILES string of the molecule is CC(C)(C)c1c2ccc(B3OC(C)(C)C(C)(C)O3)cc2cc2ccoc12. The fourth-order valence-corrected chi connectivity index (χ4v) is 3.72.